The highest BCUT2D eigenvalue weighted by Gasteiger charge is 2.13. The summed E-state index contributed by atoms with van der Waals surface area (Å²) in [6, 6.07) is 11.2. The van der Waals surface area contributed by atoms with Gasteiger partial charge in [0.2, 0.25) is 0 Å². The lowest BCUT2D eigenvalue weighted by Gasteiger charge is -2.13. The minimum atomic E-state index is -0.886. The Kier molecular flexibility index (Phi) is 3.19. The third-order valence-electron chi connectivity index (χ3n) is 3.51. The highest BCUT2D eigenvalue weighted by atomic mass is 16.4. The Morgan fingerprint density at radius 1 is 0.889 bits per heavy atom. The number of benzene rings is 2. The minimum Gasteiger partial charge on any atom is -0.478 e. The molecule has 0 radical (unpaired) electrons. The molecule has 1 N–H and O–H groups in total. The average Bonchev–Trinajstić information content (AvgIpc) is 2.36. The van der Waals surface area contributed by atoms with Crippen molar-refractivity contribution in [3.63, 3.8) is 0 Å². The van der Waals surface area contributed by atoms with E-state index in [9.17, 15) is 9.90 Å². The van der Waals surface area contributed by atoms with Gasteiger partial charge in [-0.2, -0.15) is 0 Å². The van der Waals surface area contributed by atoms with E-state index in [0.29, 0.717) is 5.56 Å². The van der Waals surface area contributed by atoms with Crippen molar-refractivity contribution in [1.82, 2.24) is 0 Å². The summed E-state index contributed by atoms with van der Waals surface area (Å²) < 4.78 is 0. The van der Waals surface area contributed by atoms with E-state index in [1.165, 1.54) is 11.1 Å². The molecular weight excluding hydrogens is 224 g/mol. The van der Waals surface area contributed by atoms with Crippen LogP contribution in [0.2, 0.25) is 0 Å². The molecule has 2 aromatic carbocycles. The maximum atomic E-state index is 11.3. The maximum Gasteiger partial charge on any atom is 0.336 e. The second-order valence-electron chi connectivity index (χ2n) is 4.53. The van der Waals surface area contributed by atoms with Crippen LogP contribution in [0.1, 0.15) is 27.0 Å². The van der Waals surface area contributed by atoms with Gasteiger partial charge in [-0.3, -0.25) is 0 Å². The molecule has 2 heteroatoms. The highest BCUT2D eigenvalue weighted by molar-refractivity contribution is 5.96. The molecule has 2 rings (SSSR count). The summed E-state index contributed by atoms with van der Waals surface area (Å²) in [5.74, 6) is -0.886. The number of hydrogen-bond donors (Lipinski definition) is 1. The fourth-order valence-electron chi connectivity index (χ4n) is 2.15. The molecule has 0 saturated carbocycles. The molecule has 0 aliphatic carbocycles. The van der Waals surface area contributed by atoms with Gasteiger partial charge in [0, 0.05) is 0 Å². The van der Waals surface area contributed by atoms with Crippen molar-refractivity contribution in [2.24, 2.45) is 0 Å². The van der Waals surface area contributed by atoms with E-state index in [1.54, 1.807) is 12.1 Å². The van der Waals surface area contributed by atoms with Gasteiger partial charge >= 0.3 is 5.97 Å². The number of rotatable bonds is 2. The standard InChI is InChI=1S/C16H16O2/c1-10-8-9-13(12(3)11(10)2)14-6-4-5-7-15(14)16(17)18/h4-9H,1-3H3,(H,17,18). The summed E-state index contributed by atoms with van der Waals surface area (Å²) in [4.78, 5) is 11.3. The Morgan fingerprint density at radius 3 is 2.22 bits per heavy atom. The topological polar surface area (TPSA) is 37.3 Å². The van der Waals surface area contributed by atoms with Crippen LogP contribution >= 0.6 is 0 Å². The van der Waals surface area contributed by atoms with E-state index in [0.717, 1.165) is 16.7 Å². The van der Waals surface area contributed by atoms with E-state index in [2.05, 4.69) is 13.8 Å². The van der Waals surface area contributed by atoms with E-state index in [1.807, 2.05) is 31.2 Å². The number of hydrogen-bond acceptors (Lipinski definition) is 1. The van der Waals surface area contributed by atoms with Crippen molar-refractivity contribution in [2.75, 3.05) is 0 Å². The lowest BCUT2D eigenvalue weighted by Crippen LogP contribution is -2.00. The van der Waals surface area contributed by atoms with Crippen molar-refractivity contribution in [2.45, 2.75) is 20.8 Å². The lowest BCUT2D eigenvalue weighted by atomic mass is 9.91. The van der Waals surface area contributed by atoms with Crippen LogP contribution in [0.3, 0.4) is 0 Å². The average molecular weight is 240 g/mol. The van der Waals surface area contributed by atoms with Gasteiger partial charge in [0.1, 0.15) is 0 Å². The first-order valence-electron chi connectivity index (χ1n) is 5.92. The smallest absolute Gasteiger partial charge is 0.336 e. The van der Waals surface area contributed by atoms with Crippen molar-refractivity contribution in [3.8, 4) is 11.1 Å². The summed E-state index contributed by atoms with van der Waals surface area (Å²) in [5, 5.41) is 9.24. The molecule has 0 unspecified atom stereocenters. The minimum absolute atomic E-state index is 0.351. The zero-order valence-corrected chi connectivity index (χ0v) is 10.8. The van der Waals surface area contributed by atoms with Crippen LogP contribution in [-0.4, -0.2) is 11.1 Å². The molecule has 0 aliphatic heterocycles. The highest BCUT2D eigenvalue weighted by Crippen LogP contribution is 2.29. The van der Waals surface area contributed by atoms with E-state index < -0.39 is 5.97 Å². The first-order valence-corrected chi connectivity index (χ1v) is 5.92. The third kappa shape index (κ3) is 2.02. The largest absolute Gasteiger partial charge is 0.478 e. The lowest BCUT2D eigenvalue weighted by molar-refractivity contribution is 0.0697. The predicted octanol–water partition coefficient (Wildman–Crippen LogP) is 3.98. The van der Waals surface area contributed by atoms with Crippen molar-refractivity contribution >= 4 is 5.97 Å². The van der Waals surface area contributed by atoms with Crippen LogP contribution in [0.15, 0.2) is 36.4 Å². The van der Waals surface area contributed by atoms with Crippen LogP contribution in [0.25, 0.3) is 11.1 Å². The molecule has 0 spiro atoms. The van der Waals surface area contributed by atoms with Crippen molar-refractivity contribution in [1.29, 1.82) is 0 Å². The predicted molar refractivity (Wildman–Crippen MR) is 73.0 cm³/mol. The molecule has 92 valence electrons. The van der Waals surface area contributed by atoms with Gasteiger partial charge < -0.3 is 5.11 Å². The van der Waals surface area contributed by atoms with E-state index in [-0.39, 0.29) is 0 Å². The number of carbonyl (C=O) groups is 1. The third-order valence-corrected chi connectivity index (χ3v) is 3.51. The molecule has 18 heavy (non-hydrogen) atoms. The molecular formula is C16H16O2. The van der Waals surface area contributed by atoms with Gasteiger partial charge in [-0.1, -0.05) is 30.3 Å². The summed E-state index contributed by atoms with van der Waals surface area (Å²) in [5.41, 5.74) is 5.71. The van der Waals surface area contributed by atoms with Crippen molar-refractivity contribution in [3.05, 3.63) is 58.7 Å². The molecule has 2 aromatic rings. The van der Waals surface area contributed by atoms with Crippen LogP contribution in [0.5, 0.6) is 0 Å². The molecule has 0 fully saturated rings. The Bertz CT molecular complexity index is 612. The Morgan fingerprint density at radius 2 is 1.56 bits per heavy atom. The molecule has 0 aromatic heterocycles. The van der Waals surface area contributed by atoms with Crippen LogP contribution in [0, 0.1) is 20.8 Å². The second kappa shape index (κ2) is 4.65. The molecule has 2 nitrogen and oxygen atoms in total. The quantitative estimate of drug-likeness (QED) is 0.862. The zero-order chi connectivity index (χ0) is 13.3. The number of aromatic carboxylic acids is 1. The fourth-order valence-corrected chi connectivity index (χ4v) is 2.15. The number of carboxylic acid groups (broad SMARTS) is 1. The summed E-state index contributed by atoms with van der Waals surface area (Å²) in [7, 11) is 0. The SMILES string of the molecule is Cc1ccc(-c2ccccc2C(=O)O)c(C)c1C. The number of carboxylic acids is 1. The second-order valence-corrected chi connectivity index (χ2v) is 4.53. The Hall–Kier alpha value is -2.09. The van der Waals surface area contributed by atoms with Gasteiger partial charge in [0.05, 0.1) is 5.56 Å². The van der Waals surface area contributed by atoms with E-state index >= 15 is 0 Å². The molecule has 0 saturated heterocycles. The number of aryl methyl sites for hydroxylation is 1. The Balaban J connectivity index is 2.70. The summed E-state index contributed by atoms with van der Waals surface area (Å²) >= 11 is 0. The van der Waals surface area contributed by atoms with Crippen LogP contribution in [-0.2, 0) is 0 Å². The van der Waals surface area contributed by atoms with Gasteiger partial charge in [-0.25, -0.2) is 4.79 Å². The monoisotopic (exact) mass is 240 g/mol. The first-order chi connectivity index (χ1) is 8.52. The van der Waals surface area contributed by atoms with Gasteiger partial charge in [0.25, 0.3) is 0 Å². The van der Waals surface area contributed by atoms with Crippen LogP contribution in [0.4, 0.5) is 0 Å². The first kappa shape index (κ1) is 12.4. The van der Waals surface area contributed by atoms with Crippen LogP contribution < -0.4 is 0 Å². The zero-order valence-electron chi connectivity index (χ0n) is 10.8. The van der Waals surface area contributed by atoms with Gasteiger partial charge in [-0.15, -0.1) is 0 Å². The normalized spacial score (nSPS) is 10.4. The molecule has 0 bridgehead atoms. The Labute approximate surface area is 107 Å². The summed E-state index contributed by atoms with van der Waals surface area (Å²) in [6.45, 7) is 6.17. The molecule has 0 aliphatic rings. The van der Waals surface area contributed by atoms with Crippen molar-refractivity contribution < 1.29 is 9.90 Å². The maximum absolute atomic E-state index is 11.3. The van der Waals surface area contributed by atoms with Gasteiger partial charge in [0.15, 0.2) is 0 Å². The molecule has 0 heterocycles. The summed E-state index contributed by atoms with van der Waals surface area (Å²) in [6.07, 6.45) is 0. The van der Waals surface area contributed by atoms with Gasteiger partial charge in [-0.05, 0) is 54.7 Å². The van der Waals surface area contributed by atoms with E-state index in [4.69, 9.17) is 0 Å². The molecule has 0 atom stereocenters. The fraction of sp³-hybridized carbons (Fsp3) is 0.188. The molecule has 0 amide bonds.